The Bertz CT molecular complexity index is 641. The Morgan fingerprint density at radius 3 is 2.52 bits per heavy atom. The van der Waals surface area contributed by atoms with Crippen LogP contribution in [0.4, 0.5) is 11.4 Å². The molecule has 0 atom stereocenters. The molecule has 1 aromatic rings. The minimum Gasteiger partial charge on any atom is -0.397 e. The van der Waals surface area contributed by atoms with Gasteiger partial charge in [-0.25, -0.2) is 8.42 Å². The Labute approximate surface area is 123 Å². The quantitative estimate of drug-likeness (QED) is 0.491. The lowest BCUT2D eigenvalue weighted by Gasteiger charge is -2.31. The van der Waals surface area contributed by atoms with Gasteiger partial charge in [0.05, 0.1) is 10.6 Å². The average Bonchev–Trinajstić information content (AvgIpc) is 2.36. The number of non-ortho nitro benzene ring substituents is 1. The summed E-state index contributed by atoms with van der Waals surface area (Å²) in [6, 6.07) is 3.47. The van der Waals surface area contributed by atoms with E-state index >= 15 is 0 Å². The highest BCUT2D eigenvalue weighted by atomic mass is 32.2. The molecule has 1 aliphatic carbocycles. The van der Waals surface area contributed by atoms with Crippen LogP contribution in [0.25, 0.3) is 0 Å². The van der Waals surface area contributed by atoms with E-state index in [1.807, 2.05) is 0 Å². The van der Waals surface area contributed by atoms with Gasteiger partial charge in [-0.2, -0.15) is 4.31 Å². The molecule has 1 aromatic carbocycles. The normalized spacial score (nSPS) is 15.9. The molecule has 0 aromatic heterocycles. The highest BCUT2D eigenvalue weighted by Gasteiger charge is 2.30. The number of benzene rings is 1. The number of nitrogens with two attached hydrogens (primary N) is 1. The van der Waals surface area contributed by atoms with E-state index in [1.165, 1.54) is 16.4 Å². The van der Waals surface area contributed by atoms with Gasteiger partial charge in [-0.3, -0.25) is 10.1 Å². The highest BCUT2D eigenvalue weighted by molar-refractivity contribution is 7.89. The average molecular weight is 313 g/mol. The molecule has 0 bridgehead atoms. The summed E-state index contributed by atoms with van der Waals surface area (Å²) in [4.78, 5) is 10.0. The van der Waals surface area contributed by atoms with Gasteiger partial charge < -0.3 is 5.73 Å². The molecule has 7 nitrogen and oxygen atoms in total. The van der Waals surface area contributed by atoms with Gasteiger partial charge in [0.2, 0.25) is 10.0 Å². The Morgan fingerprint density at radius 1 is 1.43 bits per heavy atom. The van der Waals surface area contributed by atoms with Gasteiger partial charge in [0.1, 0.15) is 4.90 Å². The van der Waals surface area contributed by atoms with E-state index in [0.717, 1.165) is 25.3 Å². The van der Waals surface area contributed by atoms with E-state index in [0.29, 0.717) is 19.0 Å². The third kappa shape index (κ3) is 3.16. The second kappa shape index (κ2) is 5.98. The zero-order chi connectivity index (χ0) is 15.6. The lowest BCUT2D eigenvalue weighted by molar-refractivity contribution is -0.384. The maximum absolute atomic E-state index is 12.6. The fourth-order valence-electron chi connectivity index (χ4n) is 2.38. The molecule has 0 unspecified atom stereocenters. The number of nitrogens with zero attached hydrogens (tertiary/aromatic N) is 2. The van der Waals surface area contributed by atoms with Crippen LogP contribution in [0.1, 0.15) is 26.2 Å². The molecule has 1 saturated carbocycles. The molecule has 0 heterocycles. The third-order valence-electron chi connectivity index (χ3n) is 3.86. The Balaban J connectivity index is 2.30. The van der Waals surface area contributed by atoms with Crippen LogP contribution < -0.4 is 5.73 Å². The number of sulfonamides is 1. The minimum absolute atomic E-state index is 0.0609. The maximum atomic E-state index is 12.6. The van der Waals surface area contributed by atoms with Crippen LogP contribution in [0.5, 0.6) is 0 Å². The zero-order valence-electron chi connectivity index (χ0n) is 11.9. The predicted octanol–water partition coefficient (Wildman–Crippen LogP) is 1.99. The molecule has 1 aliphatic rings. The topological polar surface area (TPSA) is 107 Å². The van der Waals surface area contributed by atoms with Crippen molar-refractivity contribution < 1.29 is 13.3 Å². The second-order valence-electron chi connectivity index (χ2n) is 5.23. The Kier molecular flexibility index (Phi) is 4.48. The van der Waals surface area contributed by atoms with Gasteiger partial charge in [0.15, 0.2) is 0 Å². The molecule has 1 fully saturated rings. The first-order valence-corrected chi connectivity index (χ1v) is 8.34. The first-order chi connectivity index (χ1) is 9.86. The van der Waals surface area contributed by atoms with Crippen LogP contribution >= 0.6 is 0 Å². The van der Waals surface area contributed by atoms with Gasteiger partial charge in [0.25, 0.3) is 5.69 Å². The Hall–Kier alpha value is -1.67. The van der Waals surface area contributed by atoms with E-state index in [9.17, 15) is 18.5 Å². The third-order valence-corrected chi connectivity index (χ3v) is 5.88. The summed E-state index contributed by atoms with van der Waals surface area (Å²) in [6.45, 7) is 2.61. The van der Waals surface area contributed by atoms with Crippen molar-refractivity contribution >= 4 is 21.4 Å². The van der Waals surface area contributed by atoms with Crippen molar-refractivity contribution in [3.05, 3.63) is 28.3 Å². The number of rotatable bonds is 6. The lowest BCUT2D eigenvalue weighted by Crippen LogP contribution is -2.37. The van der Waals surface area contributed by atoms with E-state index in [1.54, 1.807) is 6.92 Å². The van der Waals surface area contributed by atoms with E-state index in [-0.39, 0.29) is 16.3 Å². The lowest BCUT2D eigenvalue weighted by atomic mass is 9.85. The molecule has 8 heteroatoms. The van der Waals surface area contributed by atoms with Gasteiger partial charge in [-0.15, -0.1) is 0 Å². The smallest absolute Gasteiger partial charge is 0.271 e. The molecule has 0 spiro atoms. The number of nitro benzene ring substituents is 1. The monoisotopic (exact) mass is 313 g/mol. The molecule has 0 radical (unpaired) electrons. The molecule has 2 rings (SSSR count). The largest absolute Gasteiger partial charge is 0.397 e. The number of hydrogen-bond donors (Lipinski definition) is 1. The zero-order valence-corrected chi connectivity index (χ0v) is 12.7. The number of anilines is 1. The summed E-state index contributed by atoms with van der Waals surface area (Å²) in [5.74, 6) is 0.402. The molecular formula is C13H19N3O4S. The van der Waals surface area contributed by atoms with Crippen LogP contribution in [0, 0.1) is 16.0 Å². The van der Waals surface area contributed by atoms with E-state index in [4.69, 9.17) is 5.73 Å². The standard InChI is InChI=1S/C13H19N3O4S/c1-2-15(9-10-4-3-5-10)21(19,20)13-7-6-11(16(17)18)8-12(13)14/h6-8,10H,2-5,9,14H2,1H3. The first kappa shape index (κ1) is 15.7. The summed E-state index contributed by atoms with van der Waals surface area (Å²) < 4.78 is 26.6. The van der Waals surface area contributed by atoms with Gasteiger partial charge in [0, 0.05) is 25.2 Å². The van der Waals surface area contributed by atoms with Crippen molar-refractivity contribution in [2.24, 2.45) is 5.92 Å². The summed E-state index contributed by atoms with van der Waals surface area (Å²) in [5, 5.41) is 10.7. The second-order valence-corrected chi connectivity index (χ2v) is 7.14. The van der Waals surface area contributed by atoms with Crippen molar-refractivity contribution in [3.8, 4) is 0 Å². The number of nitrogen functional groups attached to an aromatic ring is 1. The van der Waals surface area contributed by atoms with Crippen molar-refractivity contribution in [1.29, 1.82) is 0 Å². The van der Waals surface area contributed by atoms with Gasteiger partial charge >= 0.3 is 0 Å². The number of hydrogen-bond acceptors (Lipinski definition) is 5. The summed E-state index contributed by atoms with van der Waals surface area (Å²) in [7, 11) is -3.71. The molecular weight excluding hydrogens is 294 g/mol. The van der Waals surface area contributed by atoms with Gasteiger partial charge in [-0.1, -0.05) is 13.3 Å². The van der Waals surface area contributed by atoms with E-state index < -0.39 is 14.9 Å². The Morgan fingerprint density at radius 2 is 2.10 bits per heavy atom. The van der Waals surface area contributed by atoms with Crippen molar-refractivity contribution in [1.82, 2.24) is 4.31 Å². The van der Waals surface area contributed by atoms with E-state index in [2.05, 4.69) is 0 Å². The van der Waals surface area contributed by atoms with Crippen LogP contribution in [0.15, 0.2) is 23.1 Å². The number of nitro groups is 1. The highest BCUT2D eigenvalue weighted by Crippen LogP contribution is 2.31. The maximum Gasteiger partial charge on any atom is 0.271 e. The molecule has 0 amide bonds. The van der Waals surface area contributed by atoms with Crippen LogP contribution in [0.3, 0.4) is 0 Å². The SMILES string of the molecule is CCN(CC1CCC1)S(=O)(=O)c1ccc([N+](=O)[O-])cc1N. The molecule has 0 aliphatic heterocycles. The fourth-order valence-corrected chi connectivity index (χ4v) is 4.01. The van der Waals surface area contributed by atoms with Crippen LogP contribution in [-0.2, 0) is 10.0 Å². The van der Waals surface area contributed by atoms with Crippen LogP contribution in [0.2, 0.25) is 0 Å². The molecule has 116 valence electrons. The van der Waals surface area contributed by atoms with Gasteiger partial charge in [-0.05, 0) is 24.8 Å². The van der Waals surface area contributed by atoms with Crippen molar-refractivity contribution in [2.75, 3.05) is 18.8 Å². The minimum atomic E-state index is -3.71. The summed E-state index contributed by atoms with van der Waals surface area (Å²) in [6.07, 6.45) is 3.23. The predicted molar refractivity (Wildman–Crippen MR) is 79.3 cm³/mol. The summed E-state index contributed by atoms with van der Waals surface area (Å²) in [5.41, 5.74) is 5.40. The molecule has 21 heavy (non-hydrogen) atoms. The van der Waals surface area contributed by atoms with Crippen LogP contribution in [-0.4, -0.2) is 30.7 Å². The fraction of sp³-hybridized carbons (Fsp3) is 0.538. The molecule has 0 saturated heterocycles. The summed E-state index contributed by atoms with van der Waals surface area (Å²) >= 11 is 0. The first-order valence-electron chi connectivity index (χ1n) is 6.90. The molecule has 2 N–H and O–H groups in total. The van der Waals surface area contributed by atoms with Crippen molar-refractivity contribution in [2.45, 2.75) is 31.1 Å². The van der Waals surface area contributed by atoms with Crippen molar-refractivity contribution in [3.63, 3.8) is 0 Å².